The van der Waals surface area contributed by atoms with Gasteiger partial charge in [0.1, 0.15) is 5.82 Å². The first-order valence-corrected chi connectivity index (χ1v) is 6.27. The van der Waals surface area contributed by atoms with Crippen molar-refractivity contribution in [2.75, 3.05) is 0 Å². The number of aryl methyl sites for hydroxylation is 2. The van der Waals surface area contributed by atoms with E-state index in [0.29, 0.717) is 0 Å². The second kappa shape index (κ2) is 5.23. The minimum absolute atomic E-state index is 0.780. The van der Waals surface area contributed by atoms with Crippen molar-refractivity contribution in [1.82, 2.24) is 19.9 Å². The topological polar surface area (TPSA) is 42.7 Å². The highest BCUT2D eigenvalue weighted by Crippen LogP contribution is 2.09. The van der Waals surface area contributed by atoms with Gasteiger partial charge in [-0.25, -0.2) is 9.97 Å². The summed E-state index contributed by atoms with van der Waals surface area (Å²) in [6, 6.07) is 0. The molecule has 0 saturated carbocycles. The number of nitrogens with one attached hydrogen (secondary N) is 1. The molecule has 4 nitrogen and oxygen atoms in total. The van der Waals surface area contributed by atoms with E-state index in [2.05, 4.69) is 27.6 Å². The summed E-state index contributed by atoms with van der Waals surface area (Å²) in [6.07, 6.45) is 4.79. The van der Waals surface area contributed by atoms with Crippen molar-refractivity contribution < 1.29 is 0 Å². The number of rotatable bonds is 5. The number of nitrogens with zero attached hydrogens (tertiary/aromatic N) is 3. The van der Waals surface area contributed by atoms with Gasteiger partial charge < -0.3 is 9.88 Å². The highest BCUT2D eigenvalue weighted by Gasteiger charge is 2.01. The summed E-state index contributed by atoms with van der Waals surface area (Å²) in [5, 5.41) is 6.66. The van der Waals surface area contributed by atoms with Crippen LogP contribution in [-0.2, 0) is 26.6 Å². The summed E-state index contributed by atoms with van der Waals surface area (Å²) in [6.45, 7) is 3.72. The Morgan fingerprint density at radius 3 is 2.94 bits per heavy atom. The molecular weight excluding hydrogens is 220 g/mol. The predicted molar refractivity (Wildman–Crippen MR) is 65.2 cm³/mol. The highest BCUT2D eigenvalue weighted by atomic mass is 32.1. The van der Waals surface area contributed by atoms with E-state index in [0.717, 1.165) is 31.0 Å². The van der Waals surface area contributed by atoms with Gasteiger partial charge in [0.25, 0.3) is 0 Å². The predicted octanol–water partition coefficient (Wildman–Crippen LogP) is 1.73. The van der Waals surface area contributed by atoms with Crippen molar-refractivity contribution in [3.05, 3.63) is 34.3 Å². The van der Waals surface area contributed by atoms with E-state index in [1.165, 1.54) is 5.01 Å². The molecule has 0 bridgehead atoms. The molecule has 0 aliphatic carbocycles. The van der Waals surface area contributed by atoms with Crippen molar-refractivity contribution in [3.8, 4) is 0 Å². The van der Waals surface area contributed by atoms with Crippen LogP contribution in [0.4, 0.5) is 0 Å². The molecule has 0 aliphatic rings. The lowest BCUT2D eigenvalue weighted by Gasteiger charge is -2.02. The van der Waals surface area contributed by atoms with Crippen molar-refractivity contribution in [2.24, 2.45) is 7.05 Å². The Labute approximate surface area is 99.4 Å². The molecule has 2 aromatic rings. The number of aromatic nitrogens is 3. The van der Waals surface area contributed by atoms with Gasteiger partial charge in [0.15, 0.2) is 0 Å². The smallest absolute Gasteiger partial charge is 0.122 e. The third-order valence-corrected chi connectivity index (χ3v) is 3.45. The molecule has 0 saturated heterocycles. The Balaban J connectivity index is 1.82. The van der Waals surface area contributed by atoms with E-state index in [9.17, 15) is 0 Å². The summed E-state index contributed by atoms with van der Waals surface area (Å²) < 4.78 is 2.02. The Bertz CT molecular complexity index is 446. The molecule has 1 N–H and O–H groups in total. The van der Waals surface area contributed by atoms with E-state index in [-0.39, 0.29) is 0 Å². The van der Waals surface area contributed by atoms with Gasteiger partial charge in [0.2, 0.25) is 0 Å². The second-order valence-electron chi connectivity index (χ2n) is 3.64. The lowest BCUT2D eigenvalue weighted by molar-refractivity contribution is 0.631. The van der Waals surface area contributed by atoms with Crippen LogP contribution < -0.4 is 5.32 Å². The third kappa shape index (κ3) is 2.68. The molecule has 0 aromatic carbocycles. The SMILES string of the molecule is CCc1nc(CNCc2nccn2C)cs1. The Hall–Kier alpha value is -1.20. The molecule has 86 valence electrons. The van der Waals surface area contributed by atoms with Gasteiger partial charge in [-0.05, 0) is 6.42 Å². The zero-order chi connectivity index (χ0) is 11.4. The van der Waals surface area contributed by atoms with Crippen LogP contribution in [0.25, 0.3) is 0 Å². The number of hydrogen-bond donors (Lipinski definition) is 1. The van der Waals surface area contributed by atoms with Gasteiger partial charge in [0, 0.05) is 31.4 Å². The van der Waals surface area contributed by atoms with E-state index in [1.807, 2.05) is 24.0 Å². The minimum atomic E-state index is 0.780. The van der Waals surface area contributed by atoms with Crippen LogP contribution in [0.1, 0.15) is 23.4 Å². The molecular formula is C11H16N4S. The average Bonchev–Trinajstić information content (AvgIpc) is 2.89. The maximum absolute atomic E-state index is 4.50. The van der Waals surface area contributed by atoms with Crippen LogP contribution in [0, 0.1) is 0 Å². The summed E-state index contributed by atoms with van der Waals surface area (Å²) in [7, 11) is 2.00. The minimum Gasteiger partial charge on any atom is -0.337 e. The summed E-state index contributed by atoms with van der Waals surface area (Å²) in [5.74, 6) is 1.05. The fraction of sp³-hybridized carbons (Fsp3) is 0.455. The van der Waals surface area contributed by atoms with Crippen LogP contribution in [0.15, 0.2) is 17.8 Å². The average molecular weight is 236 g/mol. The van der Waals surface area contributed by atoms with Crippen molar-refractivity contribution in [3.63, 3.8) is 0 Å². The van der Waals surface area contributed by atoms with Gasteiger partial charge >= 0.3 is 0 Å². The van der Waals surface area contributed by atoms with Crippen molar-refractivity contribution in [1.29, 1.82) is 0 Å². The Morgan fingerprint density at radius 2 is 2.31 bits per heavy atom. The second-order valence-corrected chi connectivity index (χ2v) is 4.59. The van der Waals surface area contributed by atoms with Crippen LogP contribution in [0.5, 0.6) is 0 Å². The maximum Gasteiger partial charge on any atom is 0.122 e. The molecule has 0 amide bonds. The lowest BCUT2D eigenvalue weighted by Crippen LogP contribution is -2.15. The van der Waals surface area contributed by atoms with Gasteiger partial charge in [-0.2, -0.15) is 0 Å². The van der Waals surface area contributed by atoms with Gasteiger partial charge in [-0.15, -0.1) is 11.3 Å². The quantitative estimate of drug-likeness (QED) is 0.859. The molecule has 0 radical (unpaired) electrons. The molecule has 2 rings (SSSR count). The van der Waals surface area contributed by atoms with Gasteiger partial charge in [-0.1, -0.05) is 6.92 Å². The van der Waals surface area contributed by atoms with Crippen LogP contribution in [0.2, 0.25) is 0 Å². The molecule has 16 heavy (non-hydrogen) atoms. The molecule has 0 unspecified atom stereocenters. The van der Waals surface area contributed by atoms with E-state index >= 15 is 0 Å². The molecule has 0 spiro atoms. The Kier molecular flexibility index (Phi) is 3.69. The number of thiazole rings is 1. The fourth-order valence-corrected chi connectivity index (χ4v) is 2.21. The third-order valence-electron chi connectivity index (χ3n) is 2.41. The normalized spacial score (nSPS) is 10.9. The number of imidazole rings is 1. The Morgan fingerprint density at radius 1 is 1.44 bits per heavy atom. The van der Waals surface area contributed by atoms with Gasteiger partial charge in [0.05, 0.1) is 17.2 Å². The van der Waals surface area contributed by atoms with Gasteiger partial charge in [-0.3, -0.25) is 0 Å². The van der Waals surface area contributed by atoms with E-state index < -0.39 is 0 Å². The monoisotopic (exact) mass is 236 g/mol. The first-order valence-electron chi connectivity index (χ1n) is 5.39. The van der Waals surface area contributed by atoms with Crippen LogP contribution >= 0.6 is 11.3 Å². The molecule has 2 heterocycles. The zero-order valence-corrected chi connectivity index (χ0v) is 10.4. The largest absolute Gasteiger partial charge is 0.337 e. The number of hydrogen-bond acceptors (Lipinski definition) is 4. The lowest BCUT2D eigenvalue weighted by atomic mass is 10.4. The maximum atomic E-state index is 4.50. The van der Waals surface area contributed by atoms with E-state index in [4.69, 9.17) is 0 Å². The first-order chi connectivity index (χ1) is 7.79. The van der Waals surface area contributed by atoms with Crippen LogP contribution in [0.3, 0.4) is 0 Å². The highest BCUT2D eigenvalue weighted by molar-refractivity contribution is 7.09. The van der Waals surface area contributed by atoms with Crippen molar-refractivity contribution >= 4 is 11.3 Å². The summed E-state index contributed by atoms with van der Waals surface area (Å²) >= 11 is 1.73. The fourth-order valence-electron chi connectivity index (χ4n) is 1.46. The molecule has 0 aliphatic heterocycles. The molecule has 5 heteroatoms. The molecule has 0 fully saturated rings. The van der Waals surface area contributed by atoms with Crippen LogP contribution in [-0.4, -0.2) is 14.5 Å². The molecule has 0 atom stereocenters. The zero-order valence-electron chi connectivity index (χ0n) is 9.60. The summed E-state index contributed by atoms with van der Waals surface area (Å²) in [5.41, 5.74) is 1.12. The standard InChI is InChI=1S/C11H16N4S/c1-3-11-14-9(8-16-11)6-12-7-10-13-4-5-15(10)2/h4-5,8,12H,3,6-7H2,1-2H3. The molecule has 2 aromatic heterocycles. The summed E-state index contributed by atoms with van der Waals surface area (Å²) in [4.78, 5) is 8.75. The first kappa shape index (κ1) is 11.3. The van der Waals surface area contributed by atoms with Crippen molar-refractivity contribution in [2.45, 2.75) is 26.4 Å². The van der Waals surface area contributed by atoms with E-state index in [1.54, 1.807) is 11.3 Å².